The zero-order chi connectivity index (χ0) is 21.6. The van der Waals surface area contributed by atoms with E-state index in [1.54, 1.807) is 6.92 Å². The number of nitrogens with zero attached hydrogens (tertiary/aromatic N) is 4. The van der Waals surface area contributed by atoms with Gasteiger partial charge in [0.1, 0.15) is 12.4 Å². The van der Waals surface area contributed by atoms with Crippen LogP contribution in [0.4, 0.5) is 0 Å². The van der Waals surface area contributed by atoms with Crippen LogP contribution in [0.3, 0.4) is 0 Å². The van der Waals surface area contributed by atoms with Crippen LogP contribution < -0.4 is 10.3 Å². The maximum absolute atomic E-state index is 12.5. The normalized spacial score (nSPS) is 11.8. The molecule has 4 rings (SSSR count). The van der Waals surface area contributed by atoms with Crippen LogP contribution in [0.25, 0.3) is 10.8 Å². The molecule has 31 heavy (non-hydrogen) atoms. The Morgan fingerprint density at radius 1 is 1.13 bits per heavy atom. The van der Waals surface area contributed by atoms with Crippen LogP contribution in [-0.2, 0) is 11.3 Å². The molecule has 10 heteroatoms. The number of ether oxygens (including phenoxy) is 2. The van der Waals surface area contributed by atoms with Gasteiger partial charge in [0.2, 0.25) is 0 Å². The second-order valence-corrected chi connectivity index (χ2v) is 7.36. The Morgan fingerprint density at radius 3 is 2.74 bits per heavy atom. The second-order valence-electron chi connectivity index (χ2n) is 6.41. The number of hydrogen-bond acceptors (Lipinski definition) is 9. The summed E-state index contributed by atoms with van der Waals surface area (Å²) in [6.07, 6.45) is -0.780. The molecule has 0 aliphatic rings. The SMILES string of the molecule is CC(OC(=O)c1ccc(=O)n(CCOc2ccccc2)n1)c1nnc(-c2cccs2)o1. The molecule has 0 bridgehead atoms. The topological polar surface area (TPSA) is 109 Å². The highest BCUT2D eigenvalue weighted by Crippen LogP contribution is 2.26. The first-order chi connectivity index (χ1) is 15.1. The van der Waals surface area contributed by atoms with Crippen molar-refractivity contribution in [2.24, 2.45) is 0 Å². The lowest BCUT2D eigenvalue weighted by molar-refractivity contribution is 0.0269. The van der Waals surface area contributed by atoms with E-state index in [0.29, 0.717) is 11.6 Å². The molecule has 1 aromatic carbocycles. The lowest BCUT2D eigenvalue weighted by Gasteiger charge is -2.11. The molecule has 0 aliphatic carbocycles. The van der Waals surface area contributed by atoms with Crippen molar-refractivity contribution in [3.63, 3.8) is 0 Å². The van der Waals surface area contributed by atoms with Gasteiger partial charge >= 0.3 is 5.97 Å². The largest absolute Gasteiger partial charge is 0.492 e. The maximum Gasteiger partial charge on any atom is 0.359 e. The van der Waals surface area contributed by atoms with Crippen LogP contribution in [0.2, 0.25) is 0 Å². The van der Waals surface area contributed by atoms with E-state index in [-0.39, 0.29) is 30.3 Å². The summed E-state index contributed by atoms with van der Waals surface area (Å²) in [7, 11) is 0. The number of aromatic nitrogens is 4. The predicted molar refractivity (Wildman–Crippen MR) is 112 cm³/mol. The van der Waals surface area contributed by atoms with Gasteiger partial charge in [0, 0.05) is 6.07 Å². The predicted octanol–water partition coefficient (Wildman–Crippen LogP) is 3.35. The lowest BCUT2D eigenvalue weighted by atomic mass is 10.3. The average Bonchev–Trinajstić information content (AvgIpc) is 3.48. The van der Waals surface area contributed by atoms with Crippen molar-refractivity contribution in [2.75, 3.05) is 6.61 Å². The third-order valence-electron chi connectivity index (χ3n) is 4.19. The monoisotopic (exact) mass is 438 g/mol. The van der Waals surface area contributed by atoms with Crippen LogP contribution in [-0.4, -0.2) is 32.6 Å². The van der Waals surface area contributed by atoms with Gasteiger partial charge in [0.05, 0.1) is 11.4 Å². The fourth-order valence-electron chi connectivity index (χ4n) is 2.65. The molecule has 0 saturated heterocycles. The molecule has 9 nitrogen and oxygen atoms in total. The van der Waals surface area contributed by atoms with E-state index in [1.165, 1.54) is 23.5 Å². The lowest BCUT2D eigenvalue weighted by Crippen LogP contribution is -2.27. The number of thiophene rings is 1. The molecule has 0 amide bonds. The molecule has 1 unspecified atom stereocenters. The molecular formula is C21H18N4O5S. The molecule has 0 N–H and O–H groups in total. The van der Waals surface area contributed by atoms with Gasteiger partial charge in [-0.3, -0.25) is 4.79 Å². The van der Waals surface area contributed by atoms with Gasteiger partial charge in [-0.05, 0) is 36.6 Å². The van der Waals surface area contributed by atoms with Crippen molar-refractivity contribution < 1.29 is 18.7 Å². The van der Waals surface area contributed by atoms with E-state index >= 15 is 0 Å². The molecule has 0 radical (unpaired) electrons. The van der Waals surface area contributed by atoms with Gasteiger partial charge < -0.3 is 13.9 Å². The van der Waals surface area contributed by atoms with E-state index < -0.39 is 12.1 Å². The third kappa shape index (κ3) is 5.04. The van der Waals surface area contributed by atoms with Gasteiger partial charge in [0.25, 0.3) is 17.3 Å². The molecule has 3 aromatic heterocycles. The molecule has 4 aromatic rings. The number of benzene rings is 1. The highest BCUT2D eigenvalue weighted by molar-refractivity contribution is 7.13. The summed E-state index contributed by atoms with van der Waals surface area (Å²) in [4.78, 5) is 25.4. The molecular weight excluding hydrogens is 420 g/mol. The summed E-state index contributed by atoms with van der Waals surface area (Å²) in [6, 6.07) is 15.5. The number of rotatable bonds is 8. The van der Waals surface area contributed by atoms with E-state index in [0.717, 1.165) is 9.56 Å². The smallest absolute Gasteiger partial charge is 0.359 e. The van der Waals surface area contributed by atoms with E-state index in [9.17, 15) is 9.59 Å². The van der Waals surface area contributed by atoms with Crippen molar-refractivity contribution in [1.82, 2.24) is 20.0 Å². The zero-order valence-electron chi connectivity index (χ0n) is 16.5. The summed E-state index contributed by atoms with van der Waals surface area (Å²) in [5.41, 5.74) is -0.358. The van der Waals surface area contributed by atoms with Crippen LogP contribution in [0.15, 0.2) is 69.2 Å². The number of para-hydroxylation sites is 1. The first-order valence-corrected chi connectivity index (χ1v) is 10.3. The Morgan fingerprint density at radius 2 is 1.97 bits per heavy atom. The van der Waals surface area contributed by atoms with Crippen LogP contribution >= 0.6 is 11.3 Å². The standard InChI is InChI=1S/C21H18N4O5S/c1-14(19-22-23-20(30-19)17-8-5-13-31-17)29-21(27)16-9-10-18(26)25(24-16)11-12-28-15-6-3-2-4-7-15/h2-10,13-14H,11-12H2,1H3. The fourth-order valence-corrected chi connectivity index (χ4v) is 3.30. The summed E-state index contributed by atoms with van der Waals surface area (Å²) in [6.45, 7) is 2.02. The Hall–Kier alpha value is -3.79. The second kappa shape index (κ2) is 9.35. The number of hydrogen-bond donors (Lipinski definition) is 0. The van der Waals surface area contributed by atoms with E-state index in [4.69, 9.17) is 13.9 Å². The minimum absolute atomic E-state index is 0.0100. The highest BCUT2D eigenvalue weighted by Gasteiger charge is 2.21. The summed E-state index contributed by atoms with van der Waals surface area (Å²) in [5.74, 6) is 0.502. The van der Waals surface area contributed by atoms with Crippen LogP contribution in [0, 0.1) is 0 Å². The van der Waals surface area contributed by atoms with Gasteiger partial charge in [-0.2, -0.15) is 5.10 Å². The van der Waals surface area contributed by atoms with Gasteiger partial charge in [0.15, 0.2) is 11.8 Å². The molecule has 0 fully saturated rings. The summed E-state index contributed by atoms with van der Waals surface area (Å²) >= 11 is 1.46. The van der Waals surface area contributed by atoms with E-state index in [2.05, 4.69) is 15.3 Å². The maximum atomic E-state index is 12.5. The Balaban J connectivity index is 1.39. The highest BCUT2D eigenvalue weighted by atomic mass is 32.1. The molecule has 158 valence electrons. The Bertz CT molecular complexity index is 1200. The first-order valence-electron chi connectivity index (χ1n) is 9.44. The van der Waals surface area contributed by atoms with E-state index in [1.807, 2.05) is 47.8 Å². The zero-order valence-corrected chi connectivity index (χ0v) is 17.3. The number of carbonyl (C=O) groups is 1. The number of carbonyl (C=O) groups excluding carboxylic acids is 1. The van der Waals surface area contributed by atoms with Gasteiger partial charge in [-0.25, -0.2) is 9.48 Å². The summed E-state index contributed by atoms with van der Waals surface area (Å²) in [5, 5.41) is 13.9. The fraction of sp³-hybridized carbons (Fsp3) is 0.190. The Kier molecular flexibility index (Phi) is 6.18. The third-order valence-corrected chi connectivity index (χ3v) is 5.05. The first kappa shape index (κ1) is 20.5. The Labute approximate surface area is 180 Å². The average molecular weight is 438 g/mol. The summed E-state index contributed by atoms with van der Waals surface area (Å²) < 4.78 is 17.7. The van der Waals surface area contributed by atoms with Crippen LogP contribution in [0.1, 0.15) is 29.4 Å². The molecule has 3 heterocycles. The minimum Gasteiger partial charge on any atom is -0.492 e. The van der Waals surface area contributed by atoms with Gasteiger partial charge in [-0.1, -0.05) is 24.3 Å². The van der Waals surface area contributed by atoms with Crippen LogP contribution in [0.5, 0.6) is 5.75 Å². The van der Waals surface area contributed by atoms with Crippen molar-refractivity contribution in [3.05, 3.63) is 81.9 Å². The quantitative estimate of drug-likeness (QED) is 0.385. The van der Waals surface area contributed by atoms with Crippen molar-refractivity contribution in [1.29, 1.82) is 0 Å². The van der Waals surface area contributed by atoms with Crippen molar-refractivity contribution in [3.8, 4) is 16.5 Å². The molecule has 1 atom stereocenters. The molecule has 0 spiro atoms. The minimum atomic E-state index is -0.780. The molecule has 0 saturated carbocycles. The molecule has 0 aliphatic heterocycles. The van der Waals surface area contributed by atoms with Gasteiger partial charge in [-0.15, -0.1) is 21.5 Å². The van der Waals surface area contributed by atoms with Crippen molar-refractivity contribution in [2.45, 2.75) is 19.6 Å². The number of esters is 1. The van der Waals surface area contributed by atoms with Crippen molar-refractivity contribution >= 4 is 17.3 Å².